The van der Waals surface area contributed by atoms with Gasteiger partial charge in [-0.2, -0.15) is 5.10 Å². The normalized spacial score (nSPS) is 11.7. The molecule has 0 saturated heterocycles. The van der Waals surface area contributed by atoms with Gasteiger partial charge in [0, 0.05) is 24.8 Å². The van der Waals surface area contributed by atoms with E-state index in [1.807, 2.05) is 29.1 Å². The third kappa shape index (κ3) is 3.93. The van der Waals surface area contributed by atoms with Gasteiger partial charge < -0.3 is 5.32 Å². The van der Waals surface area contributed by atoms with Crippen LogP contribution in [0.1, 0.15) is 32.8 Å². The molecule has 102 valence electrons. The molecule has 0 amide bonds. The molecule has 1 aromatic carbocycles. The molecule has 0 aliphatic heterocycles. The second-order valence-electron chi connectivity index (χ2n) is 5.75. The van der Waals surface area contributed by atoms with Crippen LogP contribution in [0.4, 0.5) is 0 Å². The van der Waals surface area contributed by atoms with Crippen molar-refractivity contribution in [1.29, 1.82) is 0 Å². The fraction of sp³-hybridized carbons (Fsp3) is 0.438. The molecule has 0 atom stereocenters. The van der Waals surface area contributed by atoms with Crippen molar-refractivity contribution in [3.63, 3.8) is 0 Å². The van der Waals surface area contributed by atoms with Crippen molar-refractivity contribution in [2.45, 2.75) is 33.7 Å². The molecule has 0 aliphatic rings. The molecule has 2 aromatic rings. The van der Waals surface area contributed by atoms with Gasteiger partial charge in [-0.15, -0.1) is 0 Å². The summed E-state index contributed by atoms with van der Waals surface area (Å²) < 4.78 is 1.92. The minimum atomic E-state index is 0.357. The Labute approximate surface area is 115 Å². The maximum absolute atomic E-state index is 4.40. The van der Waals surface area contributed by atoms with Crippen LogP contribution in [0.25, 0.3) is 5.69 Å². The van der Waals surface area contributed by atoms with Crippen molar-refractivity contribution in [1.82, 2.24) is 15.1 Å². The average molecular weight is 257 g/mol. The van der Waals surface area contributed by atoms with E-state index in [1.165, 1.54) is 12.0 Å². The Kier molecular flexibility index (Phi) is 4.38. The number of nitrogens with one attached hydrogen (secondary N) is 1. The molecular weight excluding hydrogens is 234 g/mol. The molecule has 0 aliphatic carbocycles. The maximum atomic E-state index is 4.40. The number of hydrogen-bond acceptors (Lipinski definition) is 2. The van der Waals surface area contributed by atoms with Gasteiger partial charge in [0.25, 0.3) is 0 Å². The molecule has 3 heteroatoms. The molecule has 0 saturated carbocycles. The van der Waals surface area contributed by atoms with E-state index in [2.05, 4.69) is 49.5 Å². The highest BCUT2D eigenvalue weighted by molar-refractivity contribution is 5.30. The molecule has 0 unspecified atom stereocenters. The van der Waals surface area contributed by atoms with E-state index in [-0.39, 0.29) is 0 Å². The van der Waals surface area contributed by atoms with Gasteiger partial charge in [0.2, 0.25) is 0 Å². The van der Waals surface area contributed by atoms with Crippen LogP contribution in [0.15, 0.2) is 42.7 Å². The van der Waals surface area contributed by atoms with Crippen molar-refractivity contribution in [2.24, 2.45) is 5.41 Å². The third-order valence-corrected chi connectivity index (χ3v) is 3.55. The van der Waals surface area contributed by atoms with Crippen molar-refractivity contribution < 1.29 is 0 Å². The van der Waals surface area contributed by atoms with E-state index in [4.69, 9.17) is 0 Å². The second kappa shape index (κ2) is 6.02. The predicted octanol–water partition coefficient (Wildman–Crippen LogP) is 3.40. The number of para-hydroxylation sites is 1. The number of benzene rings is 1. The summed E-state index contributed by atoms with van der Waals surface area (Å²) in [4.78, 5) is 0. The van der Waals surface area contributed by atoms with E-state index in [1.54, 1.807) is 0 Å². The number of nitrogens with zero attached hydrogens (tertiary/aromatic N) is 2. The van der Waals surface area contributed by atoms with Crippen LogP contribution < -0.4 is 5.32 Å². The molecule has 2 rings (SSSR count). The average Bonchev–Trinajstić information content (AvgIpc) is 2.88. The molecule has 19 heavy (non-hydrogen) atoms. The van der Waals surface area contributed by atoms with Crippen LogP contribution in [0.5, 0.6) is 0 Å². The van der Waals surface area contributed by atoms with Gasteiger partial charge >= 0.3 is 0 Å². The maximum Gasteiger partial charge on any atom is 0.0645 e. The first-order chi connectivity index (χ1) is 9.11. The summed E-state index contributed by atoms with van der Waals surface area (Å²) >= 11 is 0. The fourth-order valence-electron chi connectivity index (χ4n) is 1.84. The van der Waals surface area contributed by atoms with Crippen molar-refractivity contribution in [2.75, 3.05) is 6.54 Å². The smallest absolute Gasteiger partial charge is 0.0645 e. The molecule has 1 N–H and O–H groups in total. The standard InChI is InChI=1S/C16H23N3/c1-4-16(2,3)13-17-10-14-11-18-19(12-14)15-8-6-5-7-9-15/h5-9,11-12,17H,4,10,13H2,1-3H3. The minimum Gasteiger partial charge on any atom is -0.312 e. The van der Waals surface area contributed by atoms with Crippen LogP contribution in [0, 0.1) is 5.41 Å². The van der Waals surface area contributed by atoms with Crippen LogP contribution in [0.2, 0.25) is 0 Å². The van der Waals surface area contributed by atoms with Crippen molar-refractivity contribution >= 4 is 0 Å². The summed E-state index contributed by atoms with van der Waals surface area (Å²) in [5.41, 5.74) is 2.67. The highest BCUT2D eigenvalue weighted by Gasteiger charge is 2.14. The summed E-state index contributed by atoms with van der Waals surface area (Å²) in [6.07, 6.45) is 5.20. The molecule has 0 fully saturated rings. The van der Waals surface area contributed by atoms with E-state index in [9.17, 15) is 0 Å². The van der Waals surface area contributed by atoms with E-state index < -0.39 is 0 Å². The lowest BCUT2D eigenvalue weighted by molar-refractivity contribution is 0.327. The Hall–Kier alpha value is -1.61. The largest absolute Gasteiger partial charge is 0.312 e. The molecule has 0 bridgehead atoms. The molecule has 0 radical (unpaired) electrons. The van der Waals surface area contributed by atoms with Gasteiger partial charge in [-0.1, -0.05) is 39.0 Å². The van der Waals surface area contributed by atoms with Crippen LogP contribution in [0.3, 0.4) is 0 Å². The lowest BCUT2D eigenvalue weighted by Crippen LogP contribution is -2.28. The monoisotopic (exact) mass is 257 g/mol. The first-order valence-corrected chi connectivity index (χ1v) is 6.90. The lowest BCUT2D eigenvalue weighted by atomic mass is 9.90. The Balaban J connectivity index is 1.92. The quantitative estimate of drug-likeness (QED) is 0.859. The summed E-state index contributed by atoms with van der Waals surface area (Å²) in [5.74, 6) is 0. The number of rotatable bonds is 6. The Bertz CT molecular complexity index is 500. The van der Waals surface area contributed by atoms with Crippen LogP contribution >= 0.6 is 0 Å². The van der Waals surface area contributed by atoms with Crippen LogP contribution in [-0.2, 0) is 6.54 Å². The zero-order valence-electron chi connectivity index (χ0n) is 12.1. The highest BCUT2D eigenvalue weighted by Crippen LogP contribution is 2.18. The van der Waals surface area contributed by atoms with E-state index in [0.29, 0.717) is 5.41 Å². The van der Waals surface area contributed by atoms with E-state index in [0.717, 1.165) is 18.8 Å². The van der Waals surface area contributed by atoms with Crippen LogP contribution in [-0.4, -0.2) is 16.3 Å². The minimum absolute atomic E-state index is 0.357. The molecular formula is C16H23N3. The van der Waals surface area contributed by atoms with Gasteiger partial charge in [0.05, 0.1) is 11.9 Å². The molecule has 1 aromatic heterocycles. The highest BCUT2D eigenvalue weighted by atomic mass is 15.3. The molecule has 0 spiro atoms. The topological polar surface area (TPSA) is 29.9 Å². The predicted molar refractivity (Wildman–Crippen MR) is 79.3 cm³/mol. The van der Waals surface area contributed by atoms with E-state index >= 15 is 0 Å². The van der Waals surface area contributed by atoms with Gasteiger partial charge in [-0.05, 0) is 24.0 Å². The van der Waals surface area contributed by atoms with Gasteiger partial charge in [-0.3, -0.25) is 0 Å². The Morgan fingerprint density at radius 1 is 1.21 bits per heavy atom. The van der Waals surface area contributed by atoms with Crippen molar-refractivity contribution in [3.8, 4) is 5.69 Å². The summed E-state index contributed by atoms with van der Waals surface area (Å²) in [5, 5.41) is 7.90. The van der Waals surface area contributed by atoms with Gasteiger partial charge in [-0.25, -0.2) is 4.68 Å². The Morgan fingerprint density at radius 3 is 2.63 bits per heavy atom. The molecule has 3 nitrogen and oxygen atoms in total. The summed E-state index contributed by atoms with van der Waals surface area (Å²) in [6, 6.07) is 10.2. The first-order valence-electron chi connectivity index (χ1n) is 6.90. The number of hydrogen-bond donors (Lipinski definition) is 1. The fourth-order valence-corrected chi connectivity index (χ4v) is 1.84. The summed E-state index contributed by atoms with van der Waals surface area (Å²) in [7, 11) is 0. The summed E-state index contributed by atoms with van der Waals surface area (Å²) in [6.45, 7) is 8.70. The second-order valence-corrected chi connectivity index (χ2v) is 5.75. The number of aromatic nitrogens is 2. The first kappa shape index (κ1) is 13.8. The zero-order chi connectivity index (χ0) is 13.7. The lowest BCUT2D eigenvalue weighted by Gasteiger charge is -2.22. The van der Waals surface area contributed by atoms with Crippen molar-refractivity contribution in [3.05, 3.63) is 48.3 Å². The third-order valence-electron chi connectivity index (χ3n) is 3.55. The SMILES string of the molecule is CCC(C)(C)CNCc1cnn(-c2ccccc2)c1. The van der Waals surface area contributed by atoms with Gasteiger partial charge in [0.1, 0.15) is 0 Å². The zero-order valence-corrected chi connectivity index (χ0v) is 12.1. The Morgan fingerprint density at radius 2 is 1.95 bits per heavy atom. The molecule has 1 heterocycles. The van der Waals surface area contributed by atoms with Gasteiger partial charge in [0.15, 0.2) is 0 Å².